The van der Waals surface area contributed by atoms with Crippen molar-refractivity contribution >= 4 is 11.8 Å². The normalized spacial score (nSPS) is 12.4. The molecule has 0 spiro atoms. The van der Waals surface area contributed by atoms with E-state index in [0.29, 0.717) is 12.2 Å². The Morgan fingerprint density at radius 3 is 2.25 bits per heavy atom. The topological polar surface area (TPSA) is 20.2 Å². The lowest BCUT2D eigenvalue weighted by Crippen LogP contribution is -2.13. The van der Waals surface area contributed by atoms with E-state index in [4.69, 9.17) is 0 Å². The van der Waals surface area contributed by atoms with Crippen molar-refractivity contribution in [1.29, 1.82) is 0 Å². The summed E-state index contributed by atoms with van der Waals surface area (Å²) >= 11 is 1.55. The van der Waals surface area contributed by atoms with Gasteiger partial charge in [0.2, 0.25) is 0 Å². The van der Waals surface area contributed by atoms with E-state index in [0.717, 1.165) is 10.5 Å². The summed E-state index contributed by atoms with van der Waals surface area (Å²) in [6, 6.07) is 12.7. The molecule has 0 aromatic heterocycles. The largest absolute Gasteiger partial charge is 0.392 e. The molecule has 0 fully saturated rings. The van der Waals surface area contributed by atoms with Crippen LogP contribution in [0.2, 0.25) is 0 Å². The molecule has 2 rings (SSSR count). The van der Waals surface area contributed by atoms with Crippen molar-refractivity contribution in [3.63, 3.8) is 0 Å². The molecule has 0 saturated heterocycles. The van der Waals surface area contributed by atoms with Gasteiger partial charge in [-0.25, -0.2) is 4.39 Å². The van der Waals surface area contributed by atoms with Crippen molar-refractivity contribution in [2.75, 3.05) is 5.75 Å². The molecule has 1 atom stereocenters. The Labute approximate surface area is 123 Å². The van der Waals surface area contributed by atoms with Crippen LogP contribution in [0.1, 0.15) is 16.7 Å². The summed E-state index contributed by atoms with van der Waals surface area (Å²) in [6.07, 6.45) is 0.253. The van der Waals surface area contributed by atoms with E-state index in [9.17, 15) is 9.50 Å². The first-order valence-corrected chi connectivity index (χ1v) is 7.65. The molecule has 1 N–H and O–H groups in total. The summed E-state index contributed by atoms with van der Waals surface area (Å²) in [5.41, 5.74) is 3.60. The maximum Gasteiger partial charge on any atom is 0.123 e. The predicted octanol–water partition coefficient (Wildman–Crippen LogP) is 4.14. The van der Waals surface area contributed by atoms with E-state index < -0.39 is 6.10 Å². The van der Waals surface area contributed by atoms with E-state index in [1.165, 1.54) is 23.3 Å². The summed E-state index contributed by atoms with van der Waals surface area (Å²) < 4.78 is 12.8. The summed E-state index contributed by atoms with van der Waals surface area (Å²) in [7, 11) is 0. The molecule has 1 nitrogen and oxygen atoms in total. The lowest BCUT2D eigenvalue weighted by molar-refractivity contribution is 0.200. The molecule has 1 unspecified atom stereocenters. The molecule has 0 radical (unpaired) electrons. The van der Waals surface area contributed by atoms with Crippen LogP contribution in [0.5, 0.6) is 0 Å². The van der Waals surface area contributed by atoms with E-state index in [1.807, 2.05) is 0 Å². The van der Waals surface area contributed by atoms with Crippen LogP contribution in [-0.4, -0.2) is 17.0 Å². The minimum atomic E-state index is -0.397. The molecule has 20 heavy (non-hydrogen) atoms. The molecule has 0 aliphatic rings. The summed E-state index contributed by atoms with van der Waals surface area (Å²) in [4.78, 5) is 0.978. The maximum absolute atomic E-state index is 12.8. The lowest BCUT2D eigenvalue weighted by Gasteiger charge is -2.11. The number of halogens is 1. The van der Waals surface area contributed by atoms with E-state index in [2.05, 4.69) is 32.0 Å². The highest BCUT2D eigenvalue weighted by Gasteiger charge is 2.07. The minimum absolute atomic E-state index is 0.231. The van der Waals surface area contributed by atoms with Crippen LogP contribution in [0.25, 0.3) is 0 Å². The molecular formula is C17H19FOS. The van der Waals surface area contributed by atoms with E-state index >= 15 is 0 Å². The fraction of sp³-hybridized carbons (Fsp3) is 0.294. The van der Waals surface area contributed by atoms with Crippen LogP contribution >= 0.6 is 11.8 Å². The van der Waals surface area contributed by atoms with Gasteiger partial charge in [0.1, 0.15) is 5.82 Å². The van der Waals surface area contributed by atoms with Crippen LogP contribution in [0.15, 0.2) is 47.4 Å². The van der Waals surface area contributed by atoms with Crippen LogP contribution in [-0.2, 0) is 6.42 Å². The van der Waals surface area contributed by atoms with Gasteiger partial charge in [-0.05, 0) is 50.1 Å². The Kier molecular flexibility index (Phi) is 5.21. The highest BCUT2D eigenvalue weighted by atomic mass is 32.2. The number of aliphatic hydroxyl groups excluding tert-OH is 1. The van der Waals surface area contributed by atoms with Crippen LogP contribution in [0.4, 0.5) is 4.39 Å². The van der Waals surface area contributed by atoms with Gasteiger partial charge in [0, 0.05) is 10.6 Å². The van der Waals surface area contributed by atoms with Gasteiger partial charge >= 0.3 is 0 Å². The molecule has 0 bridgehead atoms. The zero-order valence-electron chi connectivity index (χ0n) is 11.8. The molecule has 2 aromatic carbocycles. The molecule has 2 aromatic rings. The zero-order chi connectivity index (χ0) is 14.5. The third-order valence-corrected chi connectivity index (χ3v) is 4.17. The van der Waals surface area contributed by atoms with Gasteiger partial charge < -0.3 is 5.11 Å². The first kappa shape index (κ1) is 15.1. The van der Waals surface area contributed by atoms with Gasteiger partial charge in [-0.3, -0.25) is 0 Å². The fourth-order valence-electron chi connectivity index (χ4n) is 2.24. The SMILES string of the molecule is Cc1cc(C)cc(CC(O)CSc2ccc(F)cc2)c1. The van der Waals surface area contributed by atoms with Gasteiger partial charge in [-0.1, -0.05) is 29.3 Å². The van der Waals surface area contributed by atoms with Crippen molar-refractivity contribution in [2.45, 2.75) is 31.3 Å². The zero-order valence-corrected chi connectivity index (χ0v) is 12.6. The van der Waals surface area contributed by atoms with Crippen molar-refractivity contribution < 1.29 is 9.50 Å². The first-order chi connectivity index (χ1) is 9.52. The van der Waals surface area contributed by atoms with E-state index in [1.54, 1.807) is 23.9 Å². The number of thioether (sulfide) groups is 1. The number of rotatable bonds is 5. The number of hydrogen-bond acceptors (Lipinski definition) is 2. The smallest absolute Gasteiger partial charge is 0.123 e. The fourth-order valence-corrected chi connectivity index (χ4v) is 3.07. The number of aliphatic hydroxyl groups is 1. The van der Waals surface area contributed by atoms with E-state index in [-0.39, 0.29) is 5.82 Å². The third kappa shape index (κ3) is 4.66. The lowest BCUT2D eigenvalue weighted by atomic mass is 10.0. The Bertz CT molecular complexity index is 545. The van der Waals surface area contributed by atoms with Gasteiger partial charge in [0.15, 0.2) is 0 Å². The number of aryl methyl sites for hydroxylation is 2. The van der Waals surface area contributed by atoms with Crippen molar-refractivity contribution in [3.8, 4) is 0 Å². The third-order valence-electron chi connectivity index (χ3n) is 3.01. The Morgan fingerprint density at radius 2 is 1.65 bits per heavy atom. The first-order valence-electron chi connectivity index (χ1n) is 6.66. The second-order valence-electron chi connectivity index (χ2n) is 5.12. The van der Waals surface area contributed by atoms with Crippen molar-refractivity contribution in [1.82, 2.24) is 0 Å². The van der Waals surface area contributed by atoms with Crippen molar-refractivity contribution in [2.24, 2.45) is 0 Å². The monoisotopic (exact) mass is 290 g/mol. The van der Waals surface area contributed by atoms with Crippen LogP contribution < -0.4 is 0 Å². The van der Waals surface area contributed by atoms with Crippen molar-refractivity contribution in [3.05, 3.63) is 65.0 Å². The van der Waals surface area contributed by atoms with Crippen LogP contribution in [0.3, 0.4) is 0 Å². The van der Waals surface area contributed by atoms with Gasteiger partial charge in [0.05, 0.1) is 6.10 Å². The Hall–Kier alpha value is -1.32. The number of hydrogen-bond donors (Lipinski definition) is 1. The van der Waals surface area contributed by atoms with Gasteiger partial charge in [0.25, 0.3) is 0 Å². The molecular weight excluding hydrogens is 271 g/mol. The molecule has 0 aliphatic heterocycles. The molecule has 0 heterocycles. The van der Waals surface area contributed by atoms with Gasteiger partial charge in [-0.15, -0.1) is 11.8 Å². The predicted molar refractivity (Wildman–Crippen MR) is 82.8 cm³/mol. The Balaban J connectivity index is 1.88. The quantitative estimate of drug-likeness (QED) is 0.835. The molecule has 0 saturated carbocycles. The highest BCUT2D eigenvalue weighted by molar-refractivity contribution is 7.99. The van der Waals surface area contributed by atoms with Crippen LogP contribution in [0, 0.1) is 19.7 Å². The second-order valence-corrected chi connectivity index (χ2v) is 6.21. The molecule has 106 valence electrons. The highest BCUT2D eigenvalue weighted by Crippen LogP contribution is 2.20. The molecule has 3 heteroatoms. The Morgan fingerprint density at radius 1 is 1.05 bits per heavy atom. The molecule has 0 amide bonds. The second kappa shape index (κ2) is 6.91. The summed E-state index contributed by atoms with van der Waals surface area (Å²) in [5, 5.41) is 10.1. The average molecular weight is 290 g/mol. The maximum atomic E-state index is 12.8. The minimum Gasteiger partial charge on any atom is -0.392 e. The standard InChI is InChI=1S/C17H19FOS/c1-12-7-13(2)9-14(8-12)10-16(19)11-20-17-5-3-15(18)4-6-17/h3-9,16,19H,10-11H2,1-2H3. The molecule has 0 aliphatic carbocycles. The summed E-state index contributed by atoms with van der Waals surface area (Å²) in [6.45, 7) is 4.13. The average Bonchev–Trinajstić information content (AvgIpc) is 2.37. The summed E-state index contributed by atoms with van der Waals surface area (Å²) in [5.74, 6) is 0.378. The number of benzene rings is 2. The van der Waals surface area contributed by atoms with Gasteiger partial charge in [-0.2, -0.15) is 0 Å².